The fourth-order valence-corrected chi connectivity index (χ4v) is 3.17. The largest absolute Gasteiger partial charge is 0.469 e. The number of rotatable bonds is 7. The van der Waals surface area contributed by atoms with Gasteiger partial charge in [0.1, 0.15) is 0 Å². The van der Waals surface area contributed by atoms with Crippen molar-refractivity contribution in [3.63, 3.8) is 0 Å². The summed E-state index contributed by atoms with van der Waals surface area (Å²) in [5.41, 5.74) is 0.681. The van der Waals surface area contributed by atoms with Gasteiger partial charge in [-0.25, -0.2) is 8.42 Å². The number of methoxy groups -OCH3 is 1. The molecule has 0 aliphatic carbocycles. The van der Waals surface area contributed by atoms with Crippen LogP contribution in [0.5, 0.6) is 0 Å². The molecule has 0 aliphatic rings. The van der Waals surface area contributed by atoms with Crippen molar-refractivity contribution in [3.8, 4) is 0 Å². The second-order valence-electron chi connectivity index (χ2n) is 4.12. The molecule has 0 atom stereocenters. The average Bonchev–Trinajstić information content (AvgIpc) is 2.44. The van der Waals surface area contributed by atoms with Crippen molar-refractivity contribution in [3.05, 3.63) is 29.8 Å². The van der Waals surface area contributed by atoms with Crippen molar-refractivity contribution in [2.24, 2.45) is 0 Å². The molecule has 0 aromatic heterocycles. The number of ether oxygens (including phenoxy) is 1. The Kier molecular flexibility index (Phi) is 6.12. The molecule has 0 bridgehead atoms. The highest BCUT2D eigenvalue weighted by molar-refractivity contribution is 7.89. The molecule has 6 nitrogen and oxygen atoms in total. The minimum Gasteiger partial charge on any atom is -0.469 e. The van der Waals surface area contributed by atoms with Crippen molar-refractivity contribution < 1.29 is 23.1 Å². The number of benzene rings is 1. The minimum atomic E-state index is -3.61. The van der Waals surface area contributed by atoms with E-state index in [2.05, 4.69) is 4.74 Å². The molecule has 0 saturated heterocycles. The van der Waals surface area contributed by atoms with Crippen LogP contribution in [0.25, 0.3) is 0 Å². The molecular weight excluding hydrogens is 282 g/mol. The van der Waals surface area contributed by atoms with E-state index >= 15 is 0 Å². The van der Waals surface area contributed by atoms with Crippen molar-refractivity contribution in [1.29, 1.82) is 0 Å². The summed E-state index contributed by atoms with van der Waals surface area (Å²) in [6, 6.07) is 6.06. The standard InChI is InChI=1S/C13H19NO5S/c1-3-14(8-9-15)20(17,18)12-6-4-11(5-7-12)10-13(16)19-2/h4-7,15H,3,8-10H2,1-2H3. The van der Waals surface area contributed by atoms with E-state index < -0.39 is 10.0 Å². The molecular formula is C13H19NO5S. The van der Waals surface area contributed by atoms with Crippen LogP contribution in [0.15, 0.2) is 29.2 Å². The zero-order chi connectivity index (χ0) is 15.2. The van der Waals surface area contributed by atoms with Gasteiger partial charge in [-0.3, -0.25) is 4.79 Å². The maximum absolute atomic E-state index is 12.3. The third-order valence-electron chi connectivity index (χ3n) is 2.84. The number of hydrogen-bond acceptors (Lipinski definition) is 5. The number of aliphatic hydroxyl groups is 1. The molecule has 20 heavy (non-hydrogen) atoms. The summed E-state index contributed by atoms with van der Waals surface area (Å²) in [6.45, 7) is 1.82. The highest BCUT2D eigenvalue weighted by Gasteiger charge is 2.22. The monoisotopic (exact) mass is 301 g/mol. The molecule has 1 rings (SSSR count). The average molecular weight is 301 g/mol. The molecule has 0 aliphatic heterocycles. The smallest absolute Gasteiger partial charge is 0.309 e. The van der Waals surface area contributed by atoms with Crippen LogP contribution in [0.3, 0.4) is 0 Å². The Labute approximate surface area is 119 Å². The van der Waals surface area contributed by atoms with E-state index in [1.54, 1.807) is 19.1 Å². The molecule has 0 amide bonds. The number of likely N-dealkylation sites (N-methyl/N-ethyl adjacent to an activating group) is 1. The first-order valence-electron chi connectivity index (χ1n) is 6.22. The first-order chi connectivity index (χ1) is 9.45. The fraction of sp³-hybridized carbons (Fsp3) is 0.462. The molecule has 1 aromatic carbocycles. The molecule has 0 fully saturated rings. The fourth-order valence-electron chi connectivity index (χ4n) is 1.73. The Morgan fingerprint density at radius 3 is 2.35 bits per heavy atom. The van der Waals surface area contributed by atoms with Crippen LogP contribution in [0, 0.1) is 0 Å². The van der Waals surface area contributed by atoms with Gasteiger partial charge < -0.3 is 9.84 Å². The highest BCUT2D eigenvalue weighted by Crippen LogP contribution is 2.16. The summed E-state index contributed by atoms with van der Waals surface area (Å²) < 4.78 is 30.3. The van der Waals surface area contributed by atoms with E-state index in [4.69, 9.17) is 5.11 Å². The third-order valence-corrected chi connectivity index (χ3v) is 4.83. The van der Waals surface area contributed by atoms with Crippen LogP contribution in [0.1, 0.15) is 12.5 Å². The van der Waals surface area contributed by atoms with Gasteiger partial charge in [0, 0.05) is 13.1 Å². The maximum Gasteiger partial charge on any atom is 0.309 e. The van der Waals surface area contributed by atoms with Gasteiger partial charge in [0.25, 0.3) is 0 Å². The van der Waals surface area contributed by atoms with Gasteiger partial charge in [-0.05, 0) is 17.7 Å². The van der Waals surface area contributed by atoms with Crippen molar-refractivity contribution in [1.82, 2.24) is 4.31 Å². The van der Waals surface area contributed by atoms with Crippen LogP contribution >= 0.6 is 0 Å². The van der Waals surface area contributed by atoms with Crippen molar-refractivity contribution >= 4 is 16.0 Å². The molecule has 1 N–H and O–H groups in total. The number of hydrogen-bond donors (Lipinski definition) is 1. The predicted octanol–water partition coefficient (Wildman–Crippen LogP) is 0.405. The lowest BCUT2D eigenvalue weighted by atomic mass is 10.2. The SMILES string of the molecule is CCN(CCO)S(=O)(=O)c1ccc(CC(=O)OC)cc1. The summed E-state index contributed by atoms with van der Waals surface area (Å²) in [4.78, 5) is 11.3. The Hall–Kier alpha value is -1.44. The van der Waals surface area contributed by atoms with Crippen LogP contribution in [-0.4, -0.2) is 50.6 Å². The molecule has 0 unspecified atom stereocenters. The van der Waals surface area contributed by atoms with Gasteiger partial charge in [-0.15, -0.1) is 0 Å². The normalized spacial score (nSPS) is 11.6. The molecule has 0 spiro atoms. The lowest BCUT2D eigenvalue weighted by molar-refractivity contribution is -0.139. The lowest BCUT2D eigenvalue weighted by Gasteiger charge is -2.19. The molecule has 0 saturated carbocycles. The number of nitrogens with zero attached hydrogens (tertiary/aromatic N) is 1. The summed E-state index contributed by atoms with van der Waals surface area (Å²) in [5, 5.41) is 8.89. The van der Waals surface area contributed by atoms with E-state index in [-0.39, 0.29) is 37.0 Å². The number of carbonyl (C=O) groups excluding carboxylic acids is 1. The Morgan fingerprint density at radius 1 is 1.30 bits per heavy atom. The van der Waals surface area contributed by atoms with Gasteiger partial charge in [0.05, 0.1) is 25.0 Å². The van der Waals surface area contributed by atoms with E-state index in [0.29, 0.717) is 5.56 Å². The van der Waals surface area contributed by atoms with Crippen LogP contribution in [0.2, 0.25) is 0 Å². The zero-order valence-electron chi connectivity index (χ0n) is 11.6. The first-order valence-corrected chi connectivity index (χ1v) is 7.66. The molecule has 0 heterocycles. The summed E-state index contributed by atoms with van der Waals surface area (Å²) >= 11 is 0. The first kappa shape index (κ1) is 16.6. The molecule has 112 valence electrons. The van der Waals surface area contributed by atoms with E-state index in [1.807, 2.05) is 0 Å². The van der Waals surface area contributed by atoms with Crippen molar-refractivity contribution in [2.75, 3.05) is 26.8 Å². The Balaban J connectivity index is 2.94. The number of carbonyl (C=O) groups is 1. The van der Waals surface area contributed by atoms with Crippen LogP contribution in [-0.2, 0) is 26.0 Å². The topological polar surface area (TPSA) is 83.9 Å². The number of aliphatic hydroxyl groups excluding tert-OH is 1. The van der Waals surface area contributed by atoms with E-state index in [9.17, 15) is 13.2 Å². The molecule has 1 aromatic rings. The maximum atomic E-state index is 12.3. The van der Waals surface area contributed by atoms with Gasteiger partial charge in [-0.1, -0.05) is 19.1 Å². The van der Waals surface area contributed by atoms with E-state index in [1.165, 1.54) is 23.5 Å². The van der Waals surface area contributed by atoms with Gasteiger partial charge in [-0.2, -0.15) is 4.31 Å². The van der Waals surface area contributed by atoms with Crippen LogP contribution in [0.4, 0.5) is 0 Å². The second-order valence-corrected chi connectivity index (χ2v) is 6.06. The molecule has 0 radical (unpaired) electrons. The minimum absolute atomic E-state index is 0.0583. The van der Waals surface area contributed by atoms with Gasteiger partial charge in [0.15, 0.2) is 0 Å². The zero-order valence-corrected chi connectivity index (χ0v) is 12.4. The summed E-state index contributed by atoms with van der Waals surface area (Å²) in [5.74, 6) is -0.379. The third kappa shape index (κ3) is 4.03. The Bertz CT molecular complexity index is 538. The van der Waals surface area contributed by atoms with Crippen LogP contribution < -0.4 is 0 Å². The predicted molar refractivity (Wildman–Crippen MR) is 73.7 cm³/mol. The van der Waals surface area contributed by atoms with Crippen molar-refractivity contribution in [2.45, 2.75) is 18.2 Å². The quantitative estimate of drug-likeness (QED) is 0.737. The Morgan fingerprint density at radius 2 is 1.90 bits per heavy atom. The highest BCUT2D eigenvalue weighted by atomic mass is 32.2. The number of esters is 1. The number of sulfonamides is 1. The molecule has 7 heteroatoms. The summed E-state index contributed by atoms with van der Waals surface area (Å²) in [6.07, 6.45) is 0.102. The van der Waals surface area contributed by atoms with Gasteiger partial charge >= 0.3 is 5.97 Å². The van der Waals surface area contributed by atoms with Gasteiger partial charge in [0.2, 0.25) is 10.0 Å². The van der Waals surface area contributed by atoms with E-state index in [0.717, 1.165) is 0 Å². The lowest BCUT2D eigenvalue weighted by Crippen LogP contribution is -2.33. The second kappa shape index (κ2) is 7.37. The summed E-state index contributed by atoms with van der Waals surface area (Å²) in [7, 11) is -2.31.